The van der Waals surface area contributed by atoms with Crippen LogP contribution < -0.4 is 10.6 Å². The third kappa shape index (κ3) is 5.57. The number of hydrogen-bond donors (Lipinski definition) is 2. The number of carbonyl (C=O) groups is 1. The van der Waals surface area contributed by atoms with Crippen LogP contribution in [0.3, 0.4) is 0 Å². The van der Waals surface area contributed by atoms with Crippen LogP contribution in [0.4, 0.5) is 5.69 Å². The van der Waals surface area contributed by atoms with Crippen molar-refractivity contribution in [3.05, 3.63) is 58.9 Å². The SMILES string of the molecule is CCCCCNc1ccc(C(=O)NCc2ccccc2Cl)nc1. The number of halogens is 1. The Balaban J connectivity index is 1.84. The largest absolute Gasteiger partial charge is 0.384 e. The van der Waals surface area contributed by atoms with Gasteiger partial charge < -0.3 is 10.6 Å². The van der Waals surface area contributed by atoms with Crippen molar-refractivity contribution in [1.82, 2.24) is 10.3 Å². The molecule has 0 radical (unpaired) electrons. The number of nitrogens with one attached hydrogen (secondary N) is 2. The summed E-state index contributed by atoms with van der Waals surface area (Å²) in [6.45, 7) is 3.49. The van der Waals surface area contributed by atoms with Gasteiger partial charge in [-0.05, 0) is 30.2 Å². The number of anilines is 1. The van der Waals surface area contributed by atoms with E-state index >= 15 is 0 Å². The van der Waals surface area contributed by atoms with E-state index in [0.29, 0.717) is 17.3 Å². The van der Waals surface area contributed by atoms with E-state index in [0.717, 1.165) is 24.2 Å². The van der Waals surface area contributed by atoms with Gasteiger partial charge >= 0.3 is 0 Å². The summed E-state index contributed by atoms with van der Waals surface area (Å²) in [4.78, 5) is 16.3. The number of carbonyl (C=O) groups excluding carboxylic acids is 1. The minimum Gasteiger partial charge on any atom is -0.384 e. The smallest absolute Gasteiger partial charge is 0.270 e. The number of rotatable bonds is 8. The fraction of sp³-hybridized carbons (Fsp3) is 0.333. The molecule has 0 atom stereocenters. The molecule has 122 valence electrons. The lowest BCUT2D eigenvalue weighted by Crippen LogP contribution is -2.23. The number of nitrogens with zero attached hydrogens (tertiary/aromatic N) is 1. The Bertz CT molecular complexity index is 628. The maximum Gasteiger partial charge on any atom is 0.270 e. The second kappa shape index (κ2) is 9.16. The summed E-state index contributed by atoms with van der Waals surface area (Å²) in [7, 11) is 0. The van der Waals surface area contributed by atoms with E-state index in [4.69, 9.17) is 11.6 Å². The van der Waals surface area contributed by atoms with Crippen molar-refractivity contribution in [2.24, 2.45) is 0 Å². The molecule has 0 spiro atoms. The summed E-state index contributed by atoms with van der Waals surface area (Å²) < 4.78 is 0. The van der Waals surface area contributed by atoms with E-state index in [2.05, 4.69) is 22.5 Å². The number of aromatic nitrogens is 1. The van der Waals surface area contributed by atoms with E-state index in [1.165, 1.54) is 12.8 Å². The maximum absolute atomic E-state index is 12.1. The van der Waals surface area contributed by atoms with Crippen molar-refractivity contribution in [3.8, 4) is 0 Å². The van der Waals surface area contributed by atoms with Crippen LogP contribution in [0.2, 0.25) is 5.02 Å². The van der Waals surface area contributed by atoms with Gasteiger partial charge in [-0.2, -0.15) is 0 Å². The van der Waals surface area contributed by atoms with Crippen LogP contribution in [0, 0.1) is 0 Å². The minimum absolute atomic E-state index is 0.206. The fourth-order valence-corrected chi connectivity index (χ4v) is 2.35. The average molecular weight is 332 g/mol. The van der Waals surface area contributed by atoms with Gasteiger partial charge in [0, 0.05) is 18.1 Å². The molecule has 0 saturated heterocycles. The summed E-state index contributed by atoms with van der Waals surface area (Å²) in [5.41, 5.74) is 2.22. The highest BCUT2D eigenvalue weighted by Gasteiger charge is 2.08. The molecule has 0 bridgehead atoms. The molecule has 0 fully saturated rings. The van der Waals surface area contributed by atoms with Crippen LogP contribution in [-0.4, -0.2) is 17.4 Å². The molecule has 1 aromatic heterocycles. The molecule has 1 amide bonds. The Morgan fingerprint density at radius 3 is 2.70 bits per heavy atom. The number of amides is 1. The molecule has 5 heteroatoms. The van der Waals surface area contributed by atoms with Crippen molar-refractivity contribution >= 4 is 23.2 Å². The first-order chi connectivity index (χ1) is 11.2. The summed E-state index contributed by atoms with van der Waals surface area (Å²) >= 11 is 6.07. The van der Waals surface area contributed by atoms with Gasteiger partial charge in [-0.3, -0.25) is 4.79 Å². The van der Waals surface area contributed by atoms with Crippen molar-refractivity contribution < 1.29 is 4.79 Å². The van der Waals surface area contributed by atoms with E-state index < -0.39 is 0 Å². The molecule has 0 aliphatic carbocycles. The quantitative estimate of drug-likeness (QED) is 0.710. The zero-order valence-corrected chi connectivity index (χ0v) is 14.1. The summed E-state index contributed by atoms with van der Waals surface area (Å²) in [5.74, 6) is -0.206. The first-order valence-electron chi connectivity index (χ1n) is 7.92. The Kier molecular flexibility index (Phi) is 6.88. The first-order valence-corrected chi connectivity index (χ1v) is 8.30. The van der Waals surface area contributed by atoms with Crippen LogP contribution in [0.1, 0.15) is 42.2 Å². The number of pyridine rings is 1. The van der Waals surface area contributed by atoms with E-state index in [1.54, 1.807) is 18.3 Å². The first kappa shape index (κ1) is 17.3. The van der Waals surface area contributed by atoms with Gasteiger partial charge in [-0.15, -0.1) is 0 Å². The average Bonchev–Trinajstić information content (AvgIpc) is 2.58. The van der Waals surface area contributed by atoms with Gasteiger partial charge in [0.1, 0.15) is 5.69 Å². The Hall–Kier alpha value is -2.07. The Morgan fingerprint density at radius 1 is 1.17 bits per heavy atom. The standard InChI is InChI=1S/C18H22ClN3O/c1-2-3-6-11-20-15-9-10-17(21-13-15)18(23)22-12-14-7-4-5-8-16(14)19/h4-5,7-10,13,20H,2-3,6,11-12H2,1H3,(H,22,23). The molecule has 0 aliphatic rings. The molecule has 2 N–H and O–H groups in total. The lowest BCUT2D eigenvalue weighted by Gasteiger charge is -2.08. The molecule has 4 nitrogen and oxygen atoms in total. The van der Waals surface area contributed by atoms with Crippen molar-refractivity contribution in [2.75, 3.05) is 11.9 Å². The fourth-order valence-electron chi connectivity index (χ4n) is 2.15. The highest BCUT2D eigenvalue weighted by atomic mass is 35.5. The van der Waals surface area contributed by atoms with Gasteiger partial charge in [-0.1, -0.05) is 49.6 Å². The summed E-state index contributed by atoms with van der Waals surface area (Å²) in [6.07, 6.45) is 5.24. The molecule has 1 aromatic carbocycles. The van der Waals surface area contributed by atoms with Crippen LogP contribution in [0.5, 0.6) is 0 Å². The van der Waals surface area contributed by atoms with Crippen molar-refractivity contribution in [1.29, 1.82) is 0 Å². The summed E-state index contributed by atoms with van der Waals surface area (Å²) in [6, 6.07) is 11.1. The second-order valence-corrected chi connectivity index (χ2v) is 5.75. The predicted molar refractivity (Wildman–Crippen MR) is 94.9 cm³/mol. The third-order valence-electron chi connectivity index (χ3n) is 3.50. The third-order valence-corrected chi connectivity index (χ3v) is 3.87. The number of unbranched alkanes of at least 4 members (excludes halogenated alkanes) is 2. The highest BCUT2D eigenvalue weighted by Crippen LogP contribution is 2.14. The molecule has 0 unspecified atom stereocenters. The Labute approximate surface area is 142 Å². The lowest BCUT2D eigenvalue weighted by molar-refractivity contribution is 0.0946. The molecular weight excluding hydrogens is 310 g/mol. The molecule has 23 heavy (non-hydrogen) atoms. The zero-order chi connectivity index (χ0) is 16.5. The molecule has 2 aromatic rings. The van der Waals surface area contributed by atoms with Gasteiger partial charge in [0.25, 0.3) is 5.91 Å². The minimum atomic E-state index is -0.206. The van der Waals surface area contributed by atoms with Gasteiger partial charge in [0.05, 0.1) is 11.9 Å². The lowest BCUT2D eigenvalue weighted by atomic mass is 10.2. The monoisotopic (exact) mass is 331 g/mol. The van der Waals surface area contributed by atoms with Crippen molar-refractivity contribution in [3.63, 3.8) is 0 Å². The van der Waals surface area contributed by atoms with Crippen LogP contribution in [-0.2, 0) is 6.54 Å². The Morgan fingerprint density at radius 2 is 2.00 bits per heavy atom. The highest BCUT2D eigenvalue weighted by molar-refractivity contribution is 6.31. The topological polar surface area (TPSA) is 54.0 Å². The predicted octanol–water partition coefficient (Wildman–Crippen LogP) is 4.27. The van der Waals surface area contributed by atoms with E-state index in [-0.39, 0.29) is 5.91 Å². The van der Waals surface area contributed by atoms with Crippen LogP contribution >= 0.6 is 11.6 Å². The number of benzene rings is 1. The molecule has 1 heterocycles. The molecular formula is C18H22ClN3O. The zero-order valence-electron chi connectivity index (χ0n) is 13.3. The second-order valence-electron chi connectivity index (χ2n) is 5.34. The van der Waals surface area contributed by atoms with Crippen molar-refractivity contribution in [2.45, 2.75) is 32.7 Å². The molecule has 0 saturated carbocycles. The van der Waals surface area contributed by atoms with Gasteiger partial charge in [0.15, 0.2) is 0 Å². The van der Waals surface area contributed by atoms with Crippen LogP contribution in [0.15, 0.2) is 42.6 Å². The summed E-state index contributed by atoms with van der Waals surface area (Å²) in [5, 5.41) is 6.77. The van der Waals surface area contributed by atoms with Crippen LogP contribution in [0.25, 0.3) is 0 Å². The van der Waals surface area contributed by atoms with E-state index in [9.17, 15) is 4.79 Å². The number of hydrogen-bond acceptors (Lipinski definition) is 3. The molecule has 2 rings (SSSR count). The van der Waals surface area contributed by atoms with Gasteiger partial charge in [0.2, 0.25) is 0 Å². The maximum atomic E-state index is 12.1. The normalized spacial score (nSPS) is 10.3. The van der Waals surface area contributed by atoms with E-state index in [1.807, 2.05) is 24.3 Å². The molecule has 0 aliphatic heterocycles. The van der Waals surface area contributed by atoms with Gasteiger partial charge in [-0.25, -0.2) is 4.98 Å².